The van der Waals surface area contributed by atoms with E-state index in [9.17, 15) is 18.0 Å². The highest BCUT2D eigenvalue weighted by molar-refractivity contribution is 6.06. The van der Waals surface area contributed by atoms with Gasteiger partial charge in [-0.05, 0) is 25.0 Å². The number of aromatic nitrogens is 3. The van der Waals surface area contributed by atoms with Gasteiger partial charge in [-0.25, -0.2) is 23.1 Å². The molecule has 1 fully saturated rings. The molecule has 0 aliphatic heterocycles. The zero-order valence-corrected chi connectivity index (χ0v) is 18.4. The second kappa shape index (κ2) is 9.17. The number of carbonyl (C=O) groups excluding carboxylic acids is 1. The van der Waals surface area contributed by atoms with Gasteiger partial charge in [-0.1, -0.05) is 18.2 Å². The Bertz CT molecular complexity index is 1140. The lowest BCUT2D eigenvalue weighted by molar-refractivity contribution is -0.0384. The molecule has 0 radical (unpaired) electrons. The van der Waals surface area contributed by atoms with Crippen LogP contribution in [0.4, 0.5) is 24.8 Å². The predicted molar refractivity (Wildman–Crippen MR) is 120 cm³/mol. The number of halogens is 3. The van der Waals surface area contributed by atoms with Gasteiger partial charge in [0.15, 0.2) is 0 Å². The Labute approximate surface area is 189 Å². The summed E-state index contributed by atoms with van der Waals surface area (Å²) in [5, 5.41) is 2.84. The molecule has 6 nitrogen and oxygen atoms in total. The van der Waals surface area contributed by atoms with Crippen molar-refractivity contribution in [2.45, 2.75) is 37.5 Å². The van der Waals surface area contributed by atoms with Crippen LogP contribution in [0.25, 0.3) is 11.1 Å². The van der Waals surface area contributed by atoms with Crippen molar-refractivity contribution in [3.8, 4) is 11.1 Å². The average molecular weight is 455 g/mol. The fourth-order valence-electron chi connectivity index (χ4n) is 3.99. The molecule has 0 spiro atoms. The molecular formula is C24H24F3N5O. The molecule has 1 aliphatic rings. The maximum Gasteiger partial charge on any atom is 0.258 e. The molecule has 0 unspecified atom stereocenters. The summed E-state index contributed by atoms with van der Waals surface area (Å²) in [4.78, 5) is 27.5. The number of benzene rings is 1. The van der Waals surface area contributed by atoms with Crippen LogP contribution in [-0.4, -0.2) is 40.9 Å². The van der Waals surface area contributed by atoms with Crippen molar-refractivity contribution in [1.29, 1.82) is 0 Å². The quantitative estimate of drug-likeness (QED) is 0.566. The molecule has 172 valence electrons. The van der Waals surface area contributed by atoms with Crippen LogP contribution in [0.1, 0.15) is 47.7 Å². The minimum atomic E-state index is -2.70. The smallest absolute Gasteiger partial charge is 0.258 e. The molecule has 1 saturated carbocycles. The first-order valence-corrected chi connectivity index (χ1v) is 10.7. The molecule has 3 aromatic rings. The number of hydrogen-bond donors (Lipinski definition) is 1. The van der Waals surface area contributed by atoms with Gasteiger partial charge in [-0.3, -0.25) is 9.78 Å². The Hall–Kier alpha value is -3.49. The lowest BCUT2D eigenvalue weighted by atomic mass is 9.83. The van der Waals surface area contributed by atoms with Gasteiger partial charge < -0.3 is 10.2 Å². The van der Waals surface area contributed by atoms with Crippen LogP contribution in [0.2, 0.25) is 0 Å². The van der Waals surface area contributed by atoms with Crippen LogP contribution in [0.3, 0.4) is 0 Å². The van der Waals surface area contributed by atoms with E-state index in [1.54, 1.807) is 43.3 Å². The number of alkyl halides is 2. The second-order valence-corrected chi connectivity index (χ2v) is 8.35. The molecule has 1 amide bonds. The summed E-state index contributed by atoms with van der Waals surface area (Å²) < 4.78 is 42.2. The van der Waals surface area contributed by atoms with E-state index in [2.05, 4.69) is 20.3 Å². The van der Waals surface area contributed by atoms with Crippen molar-refractivity contribution in [3.05, 3.63) is 66.0 Å². The van der Waals surface area contributed by atoms with E-state index in [0.29, 0.717) is 22.9 Å². The molecular weight excluding hydrogens is 431 g/mol. The third-order valence-corrected chi connectivity index (χ3v) is 5.79. The number of nitrogens with zero attached hydrogens (tertiary/aromatic N) is 4. The minimum absolute atomic E-state index is 0.213. The Morgan fingerprint density at radius 2 is 1.70 bits per heavy atom. The number of hydrogen-bond acceptors (Lipinski definition) is 5. The van der Waals surface area contributed by atoms with E-state index in [1.807, 2.05) is 0 Å². The second-order valence-electron chi connectivity index (χ2n) is 8.35. The van der Waals surface area contributed by atoms with Crippen LogP contribution in [-0.2, 0) is 0 Å². The summed E-state index contributed by atoms with van der Waals surface area (Å²) in [6.07, 6.45) is 4.27. The Balaban J connectivity index is 1.73. The minimum Gasteiger partial charge on any atom is -0.347 e. The molecule has 1 aromatic carbocycles. The van der Waals surface area contributed by atoms with Crippen molar-refractivity contribution in [3.63, 3.8) is 0 Å². The van der Waals surface area contributed by atoms with Gasteiger partial charge in [0.1, 0.15) is 5.82 Å². The maximum absolute atomic E-state index is 14.7. The van der Waals surface area contributed by atoms with Crippen molar-refractivity contribution in [1.82, 2.24) is 15.0 Å². The summed E-state index contributed by atoms with van der Waals surface area (Å²) in [7, 11) is 3.57. The van der Waals surface area contributed by atoms with Crippen molar-refractivity contribution in [2.75, 3.05) is 24.3 Å². The number of carbonyl (C=O) groups is 1. The maximum atomic E-state index is 14.7. The van der Waals surface area contributed by atoms with Crippen LogP contribution in [0.15, 0.2) is 48.9 Å². The van der Waals surface area contributed by atoms with Gasteiger partial charge >= 0.3 is 0 Å². The van der Waals surface area contributed by atoms with E-state index < -0.39 is 17.6 Å². The van der Waals surface area contributed by atoms with Crippen molar-refractivity contribution < 1.29 is 18.0 Å². The summed E-state index contributed by atoms with van der Waals surface area (Å²) in [6, 6.07) is 7.82. The van der Waals surface area contributed by atoms with Gasteiger partial charge in [-0.15, -0.1) is 0 Å². The molecule has 4 rings (SSSR count). The first-order valence-electron chi connectivity index (χ1n) is 10.7. The van der Waals surface area contributed by atoms with Crippen LogP contribution in [0.5, 0.6) is 0 Å². The Morgan fingerprint density at radius 3 is 2.33 bits per heavy atom. The third kappa shape index (κ3) is 4.97. The number of amides is 1. The lowest BCUT2D eigenvalue weighted by Gasteiger charge is -2.29. The van der Waals surface area contributed by atoms with Gasteiger partial charge in [0.05, 0.1) is 16.9 Å². The molecule has 2 heterocycles. The van der Waals surface area contributed by atoms with Gasteiger partial charge in [-0.2, -0.15) is 0 Å². The van der Waals surface area contributed by atoms with Gasteiger partial charge in [0.2, 0.25) is 11.9 Å². The highest BCUT2D eigenvalue weighted by Crippen LogP contribution is 2.44. The van der Waals surface area contributed by atoms with Crippen LogP contribution in [0, 0.1) is 5.82 Å². The lowest BCUT2D eigenvalue weighted by Crippen LogP contribution is -2.25. The first kappa shape index (κ1) is 22.7. The predicted octanol–water partition coefficient (Wildman–Crippen LogP) is 5.29. The monoisotopic (exact) mass is 455 g/mol. The number of nitrogens with one attached hydrogen (secondary N) is 1. The summed E-state index contributed by atoms with van der Waals surface area (Å²) in [6.45, 7) is 0. The van der Waals surface area contributed by atoms with E-state index in [0.717, 1.165) is 0 Å². The normalized spacial score (nSPS) is 15.8. The van der Waals surface area contributed by atoms with Crippen LogP contribution >= 0.6 is 0 Å². The van der Waals surface area contributed by atoms with Crippen molar-refractivity contribution in [2.24, 2.45) is 0 Å². The standard InChI is InChI=1S/C24H24F3N5O/c1-32(2)23-29-13-16(14-30-23)22(33)31-21-18(17-5-3-4-6-19(17)25)9-12-28-20(21)15-7-10-24(26,27)11-8-15/h3-6,9,12-15H,7-8,10-11H2,1-2H3,(H,31,33). The van der Waals surface area contributed by atoms with E-state index >= 15 is 0 Å². The Kier molecular flexibility index (Phi) is 6.31. The largest absolute Gasteiger partial charge is 0.347 e. The van der Waals surface area contributed by atoms with E-state index in [-0.39, 0.29) is 42.7 Å². The highest BCUT2D eigenvalue weighted by atomic mass is 19.3. The SMILES string of the molecule is CN(C)c1ncc(C(=O)Nc2c(-c3ccccc3F)ccnc2C2CCC(F)(F)CC2)cn1. The number of anilines is 2. The fraction of sp³-hybridized carbons (Fsp3) is 0.333. The molecule has 1 N–H and O–H groups in total. The zero-order valence-electron chi connectivity index (χ0n) is 18.4. The molecule has 1 aliphatic carbocycles. The molecule has 0 saturated heterocycles. The van der Waals surface area contributed by atoms with Gasteiger partial charge in [0, 0.05) is 62.6 Å². The topological polar surface area (TPSA) is 71.0 Å². The number of pyridine rings is 1. The zero-order chi connectivity index (χ0) is 23.6. The molecule has 9 heteroatoms. The number of rotatable bonds is 5. The molecule has 0 atom stereocenters. The van der Waals surface area contributed by atoms with Crippen molar-refractivity contribution >= 4 is 17.5 Å². The third-order valence-electron chi connectivity index (χ3n) is 5.79. The van der Waals surface area contributed by atoms with Gasteiger partial charge in [0.25, 0.3) is 5.91 Å². The summed E-state index contributed by atoms with van der Waals surface area (Å²) >= 11 is 0. The Morgan fingerprint density at radius 1 is 1.03 bits per heavy atom. The van der Waals surface area contributed by atoms with Crippen LogP contribution < -0.4 is 10.2 Å². The summed E-state index contributed by atoms with van der Waals surface area (Å²) in [5.74, 6) is -3.48. The highest BCUT2D eigenvalue weighted by Gasteiger charge is 2.37. The first-order chi connectivity index (χ1) is 15.7. The molecule has 33 heavy (non-hydrogen) atoms. The summed E-state index contributed by atoms with van der Waals surface area (Å²) in [5.41, 5.74) is 1.74. The molecule has 0 bridgehead atoms. The average Bonchev–Trinajstić information content (AvgIpc) is 2.80. The molecule has 2 aromatic heterocycles. The van der Waals surface area contributed by atoms with E-state index in [1.165, 1.54) is 24.7 Å². The van der Waals surface area contributed by atoms with E-state index in [4.69, 9.17) is 0 Å². The fourth-order valence-corrected chi connectivity index (χ4v) is 3.99.